The average Bonchev–Trinajstić information content (AvgIpc) is 3.38. The summed E-state index contributed by atoms with van der Waals surface area (Å²) in [6.07, 6.45) is 6.60. The first-order chi connectivity index (χ1) is 14.5. The van der Waals surface area contributed by atoms with Crippen molar-refractivity contribution in [1.82, 2.24) is 25.2 Å². The summed E-state index contributed by atoms with van der Waals surface area (Å²) in [5, 5.41) is 6.55. The Bertz CT molecular complexity index is 936. The van der Waals surface area contributed by atoms with Gasteiger partial charge in [-0.05, 0) is 18.9 Å². The lowest BCUT2D eigenvalue weighted by Gasteiger charge is -2.13. The van der Waals surface area contributed by atoms with Crippen LogP contribution in [0.25, 0.3) is 0 Å². The molecule has 30 heavy (non-hydrogen) atoms. The third-order valence-corrected chi connectivity index (χ3v) is 4.71. The van der Waals surface area contributed by atoms with Crippen molar-refractivity contribution in [2.45, 2.75) is 59.2 Å². The molecule has 0 aliphatic carbocycles. The van der Waals surface area contributed by atoms with E-state index in [1.165, 1.54) is 5.56 Å². The second-order valence-electron chi connectivity index (χ2n) is 8.19. The molecule has 0 atom stereocenters. The summed E-state index contributed by atoms with van der Waals surface area (Å²) in [4.78, 5) is 13.5. The summed E-state index contributed by atoms with van der Waals surface area (Å²) < 4.78 is 8.00. The van der Waals surface area contributed by atoms with Gasteiger partial charge in [-0.25, -0.2) is 15.0 Å². The van der Waals surface area contributed by atoms with Crippen molar-refractivity contribution in [3.05, 3.63) is 72.0 Å². The van der Waals surface area contributed by atoms with Gasteiger partial charge in [-0.3, -0.25) is 0 Å². The van der Waals surface area contributed by atoms with Crippen LogP contribution in [-0.4, -0.2) is 27.0 Å². The topological polar surface area (TPSA) is 80.3 Å². The van der Waals surface area contributed by atoms with Crippen LogP contribution in [-0.2, 0) is 31.5 Å². The van der Waals surface area contributed by atoms with E-state index in [1.807, 2.05) is 25.4 Å². The molecule has 160 valence electrons. The minimum absolute atomic E-state index is 0.0549. The highest BCUT2D eigenvalue weighted by Gasteiger charge is 2.19. The maximum Gasteiger partial charge on any atom is 0.213 e. The maximum atomic E-state index is 5.85. The van der Waals surface area contributed by atoms with E-state index in [-0.39, 0.29) is 5.41 Å². The van der Waals surface area contributed by atoms with Crippen LogP contribution in [0.4, 0.5) is 0 Å². The Labute approximate surface area is 178 Å². The Hall–Kier alpha value is -3.09. The predicted molar refractivity (Wildman–Crippen MR) is 119 cm³/mol. The first-order valence-corrected chi connectivity index (χ1v) is 10.5. The predicted octanol–water partition coefficient (Wildman–Crippen LogP) is 3.67. The Morgan fingerprint density at radius 2 is 1.93 bits per heavy atom. The molecule has 0 fully saturated rings. The van der Waals surface area contributed by atoms with Crippen molar-refractivity contribution in [3.63, 3.8) is 0 Å². The lowest BCUT2D eigenvalue weighted by molar-refractivity contribution is 0.379. The van der Waals surface area contributed by atoms with E-state index in [0.717, 1.165) is 31.1 Å². The molecule has 2 heterocycles. The quantitative estimate of drug-likeness (QED) is 0.439. The summed E-state index contributed by atoms with van der Waals surface area (Å²) in [6, 6.07) is 10.5. The van der Waals surface area contributed by atoms with Gasteiger partial charge < -0.3 is 19.6 Å². The third kappa shape index (κ3) is 6.20. The summed E-state index contributed by atoms with van der Waals surface area (Å²) in [7, 11) is 0. The fraction of sp³-hybridized carbons (Fsp3) is 0.435. The monoisotopic (exact) mass is 408 g/mol. The molecule has 0 saturated carbocycles. The molecule has 2 N–H and O–H groups in total. The summed E-state index contributed by atoms with van der Waals surface area (Å²) in [5.74, 6) is 3.18. The van der Waals surface area contributed by atoms with Gasteiger partial charge in [0.1, 0.15) is 18.1 Å². The van der Waals surface area contributed by atoms with Gasteiger partial charge in [-0.2, -0.15) is 0 Å². The SMILES string of the molecule is CCNC(=NCc1nccn1CCc1ccccc1)NCc1ncc(C(C)(C)C)o1. The Morgan fingerprint density at radius 3 is 2.63 bits per heavy atom. The molecule has 2 aromatic heterocycles. The van der Waals surface area contributed by atoms with E-state index < -0.39 is 0 Å². The Kier molecular flexibility index (Phi) is 7.27. The largest absolute Gasteiger partial charge is 0.443 e. The molecule has 0 unspecified atom stereocenters. The van der Waals surface area contributed by atoms with Gasteiger partial charge in [-0.15, -0.1) is 0 Å². The Balaban J connectivity index is 1.58. The molecular formula is C23H32N6O. The Morgan fingerprint density at radius 1 is 1.13 bits per heavy atom. The highest BCUT2D eigenvalue weighted by molar-refractivity contribution is 5.79. The van der Waals surface area contributed by atoms with E-state index >= 15 is 0 Å². The minimum atomic E-state index is -0.0549. The minimum Gasteiger partial charge on any atom is -0.443 e. The molecule has 3 rings (SSSR count). The van der Waals surface area contributed by atoms with Crippen LogP contribution in [0.3, 0.4) is 0 Å². The van der Waals surface area contributed by atoms with Gasteiger partial charge in [0.15, 0.2) is 5.96 Å². The van der Waals surface area contributed by atoms with Gasteiger partial charge in [0.25, 0.3) is 0 Å². The standard InChI is InChI=1S/C23H32N6O/c1-5-24-22(28-17-21-26-15-19(30-21)23(2,3)4)27-16-20-25-12-14-29(20)13-11-18-9-7-6-8-10-18/h6-10,12,14-15H,5,11,13,16-17H2,1-4H3,(H2,24,27,28). The van der Waals surface area contributed by atoms with Crippen LogP contribution < -0.4 is 10.6 Å². The van der Waals surface area contributed by atoms with Crippen LogP contribution in [0, 0.1) is 0 Å². The fourth-order valence-corrected chi connectivity index (χ4v) is 2.98. The molecule has 0 amide bonds. The number of guanidine groups is 1. The van der Waals surface area contributed by atoms with E-state index in [1.54, 1.807) is 6.20 Å². The van der Waals surface area contributed by atoms with Crippen LogP contribution in [0.5, 0.6) is 0 Å². The first kappa shape index (κ1) is 21.6. The number of imidazole rings is 1. The van der Waals surface area contributed by atoms with Gasteiger partial charge >= 0.3 is 0 Å². The van der Waals surface area contributed by atoms with Gasteiger partial charge in [0.2, 0.25) is 5.89 Å². The summed E-state index contributed by atoms with van der Waals surface area (Å²) >= 11 is 0. The molecule has 1 aromatic carbocycles. The second kappa shape index (κ2) is 10.1. The molecule has 7 nitrogen and oxygen atoms in total. The summed E-state index contributed by atoms with van der Waals surface area (Å²) in [5.41, 5.74) is 1.26. The lowest BCUT2D eigenvalue weighted by Crippen LogP contribution is -2.37. The van der Waals surface area contributed by atoms with Crippen molar-refractivity contribution in [2.75, 3.05) is 6.54 Å². The fourth-order valence-electron chi connectivity index (χ4n) is 2.98. The van der Waals surface area contributed by atoms with Crippen molar-refractivity contribution >= 4 is 5.96 Å². The number of hydrogen-bond donors (Lipinski definition) is 2. The molecule has 0 aliphatic rings. The number of aryl methyl sites for hydroxylation is 2. The molecule has 7 heteroatoms. The number of nitrogens with one attached hydrogen (secondary N) is 2. The van der Waals surface area contributed by atoms with Crippen molar-refractivity contribution in [2.24, 2.45) is 4.99 Å². The molecule has 0 bridgehead atoms. The number of benzene rings is 1. The normalized spacial score (nSPS) is 12.2. The zero-order chi connectivity index (χ0) is 21.4. The van der Waals surface area contributed by atoms with E-state index in [0.29, 0.717) is 24.9 Å². The molecular weight excluding hydrogens is 376 g/mol. The number of rotatable bonds is 8. The first-order valence-electron chi connectivity index (χ1n) is 10.5. The summed E-state index contributed by atoms with van der Waals surface area (Å²) in [6.45, 7) is 11.0. The van der Waals surface area contributed by atoms with Crippen LogP contribution in [0.15, 0.2) is 58.3 Å². The average molecular weight is 409 g/mol. The molecule has 0 spiro atoms. The number of hydrogen-bond acceptors (Lipinski definition) is 4. The van der Waals surface area contributed by atoms with Gasteiger partial charge in [0, 0.05) is 30.9 Å². The molecule has 0 aliphatic heterocycles. The maximum absolute atomic E-state index is 5.85. The highest BCUT2D eigenvalue weighted by atomic mass is 16.4. The van der Waals surface area contributed by atoms with Crippen molar-refractivity contribution < 1.29 is 4.42 Å². The zero-order valence-corrected chi connectivity index (χ0v) is 18.4. The smallest absolute Gasteiger partial charge is 0.213 e. The third-order valence-electron chi connectivity index (χ3n) is 4.71. The number of nitrogens with zero attached hydrogens (tertiary/aromatic N) is 4. The van der Waals surface area contributed by atoms with Crippen LogP contribution in [0.1, 0.15) is 50.7 Å². The number of aromatic nitrogens is 3. The van der Waals surface area contributed by atoms with Crippen LogP contribution in [0.2, 0.25) is 0 Å². The van der Waals surface area contributed by atoms with E-state index in [4.69, 9.17) is 4.42 Å². The molecule has 3 aromatic rings. The van der Waals surface area contributed by atoms with Gasteiger partial charge in [0.05, 0.1) is 12.7 Å². The molecule has 0 saturated heterocycles. The van der Waals surface area contributed by atoms with Crippen LogP contribution >= 0.6 is 0 Å². The van der Waals surface area contributed by atoms with Crippen molar-refractivity contribution in [1.29, 1.82) is 0 Å². The van der Waals surface area contributed by atoms with Crippen molar-refractivity contribution in [3.8, 4) is 0 Å². The van der Waals surface area contributed by atoms with E-state index in [2.05, 4.69) is 75.2 Å². The zero-order valence-electron chi connectivity index (χ0n) is 18.4. The van der Waals surface area contributed by atoms with Gasteiger partial charge in [-0.1, -0.05) is 51.1 Å². The second-order valence-corrected chi connectivity index (χ2v) is 8.19. The number of aliphatic imine (C=N–C) groups is 1. The number of oxazole rings is 1. The lowest BCUT2D eigenvalue weighted by atomic mass is 9.94. The molecule has 0 radical (unpaired) electrons. The van der Waals surface area contributed by atoms with E-state index in [9.17, 15) is 0 Å². The highest BCUT2D eigenvalue weighted by Crippen LogP contribution is 2.22.